The second kappa shape index (κ2) is 7.01. The van der Waals surface area contributed by atoms with E-state index >= 15 is 0 Å². The molecule has 0 unspecified atom stereocenters. The number of fused-ring (bicyclic) bond motifs is 1. The second-order valence-electron chi connectivity index (χ2n) is 5.76. The Labute approximate surface area is 158 Å². The average Bonchev–Trinajstić information content (AvgIpc) is 2.96. The summed E-state index contributed by atoms with van der Waals surface area (Å²) in [6, 6.07) is 5.02. The molecule has 3 rings (SSSR count). The third kappa shape index (κ3) is 3.27. The normalized spacial score (nSPS) is 10.9. The first-order chi connectivity index (χ1) is 12.3. The van der Waals surface area contributed by atoms with Crippen LogP contribution >= 0.6 is 22.9 Å². The van der Waals surface area contributed by atoms with E-state index in [0.29, 0.717) is 33.0 Å². The van der Waals surface area contributed by atoms with Crippen LogP contribution in [0.25, 0.3) is 10.9 Å². The predicted molar refractivity (Wildman–Crippen MR) is 104 cm³/mol. The highest BCUT2D eigenvalue weighted by Gasteiger charge is 2.18. The fourth-order valence-electron chi connectivity index (χ4n) is 2.73. The number of benzene rings is 1. The van der Waals surface area contributed by atoms with Gasteiger partial charge in [0.1, 0.15) is 5.56 Å². The topological polar surface area (TPSA) is 81.1 Å². The van der Waals surface area contributed by atoms with E-state index in [4.69, 9.17) is 11.6 Å². The molecule has 1 N–H and O–H groups in total. The van der Waals surface area contributed by atoms with Gasteiger partial charge in [0.15, 0.2) is 10.9 Å². The van der Waals surface area contributed by atoms with E-state index in [2.05, 4.69) is 10.3 Å². The summed E-state index contributed by atoms with van der Waals surface area (Å²) < 4.78 is 1.82. The van der Waals surface area contributed by atoms with Gasteiger partial charge in [0, 0.05) is 30.1 Å². The van der Waals surface area contributed by atoms with Crippen molar-refractivity contribution >= 4 is 50.7 Å². The number of aryl methyl sites for hydroxylation is 2. The fraction of sp³-hybridized carbons (Fsp3) is 0.222. The number of carbonyl (C=O) groups is 2. The SMILES string of the molecule is CCn1cc(C(=O)Nc2nc(C)c(C(C)=O)s2)c(=O)c2cc(Cl)ccc21. The Balaban J connectivity index is 2.06. The van der Waals surface area contributed by atoms with Gasteiger partial charge in [0.2, 0.25) is 5.43 Å². The third-order valence-corrected chi connectivity index (χ3v) is 5.37. The fourth-order valence-corrected chi connectivity index (χ4v) is 3.76. The first kappa shape index (κ1) is 18.3. The number of Topliss-reactive ketones (excluding diaryl/α,β-unsaturated/α-hetero) is 1. The van der Waals surface area contributed by atoms with Crippen LogP contribution in [0.3, 0.4) is 0 Å². The highest BCUT2D eigenvalue weighted by molar-refractivity contribution is 7.17. The number of halogens is 1. The number of aromatic nitrogens is 2. The standard InChI is InChI=1S/C18H16ClN3O3S/c1-4-22-8-13(15(24)12-7-11(19)5-6-14(12)22)17(25)21-18-20-9(2)16(26-18)10(3)23/h5-8H,4H2,1-3H3,(H,20,21,25). The Kier molecular flexibility index (Phi) is 4.93. The number of ketones is 1. The van der Waals surface area contributed by atoms with Crippen LogP contribution in [0, 0.1) is 6.92 Å². The minimum Gasteiger partial charge on any atom is -0.347 e. The van der Waals surface area contributed by atoms with Crippen LogP contribution in [-0.2, 0) is 6.54 Å². The lowest BCUT2D eigenvalue weighted by Gasteiger charge is -2.11. The maximum Gasteiger partial charge on any atom is 0.262 e. The van der Waals surface area contributed by atoms with Crippen LogP contribution in [0.2, 0.25) is 5.02 Å². The molecule has 0 atom stereocenters. The largest absolute Gasteiger partial charge is 0.347 e. The third-order valence-electron chi connectivity index (χ3n) is 3.96. The van der Waals surface area contributed by atoms with Crippen molar-refractivity contribution in [3.05, 3.63) is 55.8 Å². The lowest BCUT2D eigenvalue weighted by Crippen LogP contribution is -2.23. The molecule has 1 aromatic carbocycles. The molecule has 0 aliphatic rings. The summed E-state index contributed by atoms with van der Waals surface area (Å²) >= 11 is 7.10. The number of anilines is 1. The highest BCUT2D eigenvalue weighted by atomic mass is 35.5. The Morgan fingerprint density at radius 2 is 2.08 bits per heavy atom. The maximum absolute atomic E-state index is 12.8. The summed E-state index contributed by atoms with van der Waals surface area (Å²) in [7, 11) is 0. The molecule has 1 amide bonds. The number of hydrogen-bond donors (Lipinski definition) is 1. The van der Waals surface area contributed by atoms with E-state index in [0.717, 1.165) is 11.3 Å². The molecule has 0 saturated carbocycles. The molecule has 6 nitrogen and oxygen atoms in total. The van der Waals surface area contributed by atoms with Crippen LogP contribution in [0.5, 0.6) is 0 Å². The van der Waals surface area contributed by atoms with Crippen molar-refractivity contribution in [3.8, 4) is 0 Å². The van der Waals surface area contributed by atoms with Gasteiger partial charge in [-0.25, -0.2) is 4.98 Å². The van der Waals surface area contributed by atoms with Crippen molar-refractivity contribution in [2.24, 2.45) is 0 Å². The summed E-state index contributed by atoms with van der Waals surface area (Å²) in [6.07, 6.45) is 1.53. The Morgan fingerprint density at radius 3 is 2.69 bits per heavy atom. The van der Waals surface area contributed by atoms with E-state index in [1.165, 1.54) is 13.1 Å². The molecular weight excluding hydrogens is 374 g/mol. The van der Waals surface area contributed by atoms with Crippen molar-refractivity contribution < 1.29 is 9.59 Å². The summed E-state index contributed by atoms with van der Waals surface area (Å²) in [4.78, 5) is 41.6. The molecule has 0 aliphatic carbocycles. The number of amides is 1. The van der Waals surface area contributed by atoms with Crippen molar-refractivity contribution in [2.45, 2.75) is 27.3 Å². The van der Waals surface area contributed by atoms with Crippen molar-refractivity contribution in [3.63, 3.8) is 0 Å². The quantitative estimate of drug-likeness (QED) is 0.686. The van der Waals surface area contributed by atoms with Gasteiger partial charge in [-0.2, -0.15) is 0 Å². The molecule has 134 valence electrons. The van der Waals surface area contributed by atoms with E-state index in [1.807, 2.05) is 11.5 Å². The number of hydrogen-bond acceptors (Lipinski definition) is 5. The first-order valence-electron chi connectivity index (χ1n) is 7.94. The second-order valence-corrected chi connectivity index (χ2v) is 7.20. The number of carbonyl (C=O) groups excluding carboxylic acids is 2. The van der Waals surface area contributed by atoms with Gasteiger partial charge in [-0.1, -0.05) is 22.9 Å². The zero-order chi connectivity index (χ0) is 19.0. The lowest BCUT2D eigenvalue weighted by atomic mass is 10.1. The Hall–Kier alpha value is -2.51. The molecule has 0 saturated heterocycles. The van der Waals surface area contributed by atoms with Gasteiger partial charge in [-0.3, -0.25) is 19.7 Å². The van der Waals surface area contributed by atoms with Crippen LogP contribution in [0.1, 0.15) is 39.6 Å². The van der Waals surface area contributed by atoms with Crippen LogP contribution in [0.15, 0.2) is 29.2 Å². The molecule has 3 aromatic rings. The highest BCUT2D eigenvalue weighted by Crippen LogP contribution is 2.24. The monoisotopic (exact) mass is 389 g/mol. The molecular formula is C18H16ClN3O3S. The Morgan fingerprint density at radius 1 is 1.35 bits per heavy atom. The van der Waals surface area contributed by atoms with E-state index in [9.17, 15) is 14.4 Å². The zero-order valence-corrected chi connectivity index (χ0v) is 16.0. The molecule has 0 aliphatic heterocycles. The smallest absolute Gasteiger partial charge is 0.262 e. The van der Waals surface area contributed by atoms with Crippen molar-refractivity contribution in [1.82, 2.24) is 9.55 Å². The van der Waals surface area contributed by atoms with Crippen LogP contribution in [0.4, 0.5) is 5.13 Å². The number of pyridine rings is 1. The summed E-state index contributed by atoms with van der Waals surface area (Å²) in [5.74, 6) is -0.683. The van der Waals surface area contributed by atoms with Crippen molar-refractivity contribution in [1.29, 1.82) is 0 Å². The predicted octanol–water partition coefficient (Wildman–Crippen LogP) is 3.89. The molecule has 8 heteroatoms. The molecule has 2 aromatic heterocycles. The van der Waals surface area contributed by atoms with Gasteiger partial charge in [-0.05, 0) is 32.0 Å². The van der Waals surface area contributed by atoms with E-state index < -0.39 is 11.3 Å². The minimum absolute atomic E-state index is 0.00107. The van der Waals surface area contributed by atoms with Gasteiger partial charge in [0.25, 0.3) is 5.91 Å². The minimum atomic E-state index is -0.567. The van der Waals surface area contributed by atoms with E-state index in [-0.39, 0.29) is 16.5 Å². The van der Waals surface area contributed by atoms with E-state index in [1.54, 1.807) is 25.1 Å². The maximum atomic E-state index is 12.8. The van der Waals surface area contributed by atoms with Gasteiger partial charge in [0.05, 0.1) is 16.1 Å². The van der Waals surface area contributed by atoms with Gasteiger partial charge in [-0.15, -0.1) is 0 Å². The molecule has 0 bridgehead atoms. The average molecular weight is 390 g/mol. The van der Waals surface area contributed by atoms with Crippen molar-refractivity contribution in [2.75, 3.05) is 5.32 Å². The molecule has 0 spiro atoms. The summed E-state index contributed by atoms with van der Waals surface area (Å²) in [5.41, 5.74) is 0.861. The lowest BCUT2D eigenvalue weighted by molar-refractivity contribution is 0.101. The van der Waals surface area contributed by atoms with Crippen LogP contribution < -0.4 is 10.7 Å². The number of thiazole rings is 1. The summed E-state index contributed by atoms with van der Waals surface area (Å²) in [5, 5.41) is 3.71. The summed E-state index contributed by atoms with van der Waals surface area (Å²) in [6.45, 7) is 5.65. The number of nitrogens with zero attached hydrogens (tertiary/aromatic N) is 2. The Bertz CT molecular complexity index is 1100. The van der Waals surface area contributed by atoms with Gasteiger partial charge >= 0.3 is 0 Å². The van der Waals surface area contributed by atoms with Crippen LogP contribution in [-0.4, -0.2) is 21.2 Å². The molecule has 2 heterocycles. The number of rotatable bonds is 4. The molecule has 26 heavy (non-hydrogen) atoms. The zero-order valence-electron chi connectivity index (χ0n) is 14.4. The molecule has 0 radical (unpaired) electrons. The first-order valence-corrected chi connectivity index (χ1v) is 9.13. The molecule has 0 fully saturated rings. The number of nitrogens with one attached hydrogen (secondary N) is 1. The van der Waals surface area contributed by atoms with Gasteiger partial charge < -0.3 is 4.57 Å².